The van der Waals surface area contributed by atoms with Crippen molar-refractivity contribution in [2.75, 3.05) is 43.6 Å². The SMILES string of the molecule is COC(=O)C1=C(Nc2ccc(N3CCCCC3=O)c(C)c2)C(=O)N(CCO)C1. The van der Waals surface area contributed by atoms with Gasteiger partial charge >= 0.3 is 5.97 Å². The Morgan fingerprint density at radius 3 is 2.71 bits per heavy atom. The number of ether oxygens (including phenoxy) is 1. The average Bonchev–Trinajstić information content (AvgIpc) is 2.98. The molecule has 8 heteroatoms. The highest BCUT2D eigenvalue weighted by molar-refractivity contribution is 6.08. The number of amides is 2. The van der Waals surface area contributed by atoms with Crippen LogP contribution in [0.5, 0.6) is 0 Å². The summed E-state index contributed by atoms with van der Waals surface area (Å²) in [6, 6.07) is 5.49. The van der Waals surface area contributed by atoms with Crippen LogP contribution in [0.1, 0.15) is 24.8 Å². The van der Waals surface area contributed by atoms with Crippen LogP contribution in [0.15, 0.2) is 29.5 Å². The molecule has 0 atom stereocenters. The van der Waals surface area contributed by atoms with Crippen molar-refractivity contribution in [3.8, 4) is 0 Å². The zero-order valence-corrected chi connectivity index (χ0v) is 16.2. The average molecular weight is 387 g/mol. The van der Waals surface area contributed by atoms with Gasteiger partial charge in [-0.3, -0.25) is 9.59 Å². The highest BCUT2D eigenvalue weighted by Gasteiger charge is 2.34. The number of aliphatic hydroxyl groups excluding tert-OH is 1. The van der Waals surface area contributed by atoms with Crippen LogP contribution in [0.4, 0.5) is 11.4 Å². The molecule has 0 saturated carbocycles. The third kappa shape index (κ3) is 3.87. The van der Waals surface area contributed by atoms with Gasteiger partial charge in [0.05, 0.1) is 25.8 Å². The summed E-state index contributed by atoms with van der Waals surface area (Å²) in [4.78, 5) is 40.0. The van der Waals surface area contributed by atoms with E-state index in [1.807, 2.05) is 19.1 Å². The number of carbonyl (C=O) groups is 3. The molecular formula is C20H25N3O5. The van der Waals surface area contributed by atoms with E-state index in [9.17, 15) is 14.4 Å². The van der Waals surface area contributed by atoms with Crippen LogP contribution < -0.4 is 10.2 Å². The van der Waals surface area contributed by atoms with Gasteiger partial charge < -0.3 is 25.0 Å². The molecule has 0 radical (unpaired) electrons. The first-order valence-corrected chi connectivity index (χ1v) is 9.36. The molecule has 0 aliphatic carbocycles. The molecule has 0 aromatic heterocycles. The number of anilines is 2. The summed E-state index contributed by atoms with van der Waals surface area (Å²) >= 11 is 0. The number of nitrogens with zero attached hydrogens (tertiary/aromatic N) is 2. The summed E-state index contributed by atoms with van der Waals surface area (Å²) in [5.74, 6) is -0.817. The second kappa shape index (κ2) is 8.43. The third-order valence-corrected chi connectivity index (χ3v) is 5.03. The van der Waals surface area contributed by atoms with Gasteiger partial charge in [0.2, 0.25) is 5.91 Å². The quantitative estimate of drug-likeness (QED) is 0.712. The van der Waals surface area contributed by atoms with Gasteiger partial charge in [0.1, 0.15) is 5.70 Å². The Hall–Kier alpha value is -2.87. The summed E-state index contributed by atoms with van der Waals surface area (Å²) in [5.41, 5.74) is 2.78. The zero-order chi connectivity index (χ0) is 20.3. The van der Waals surface area contributed by atoms with E-state index in [-0.39, 0.29) is 42.8 Å². The molecule has 1 aromatic rings. The van der Waals surface area contributed by atoms with Gasteiger partial charge in [0.15, 0.2) is 0 Å². The Labute approximate surface area is 163 Å². The Bertz CT molecular complexity index is 833. The molecule has 2 amide bonds. The molecule has 8 nitrogen and oxygen atoms in total. The molecule has 0 bridgehead atoms. The molecule has 0 unspecified atom stereocenters. The predicted molar refractivity (Wildman–Crippen MR) is 104 cm³/mol. The number of aryl methyl sites for hydroxylation is 1. The number of carbonyl (C=O) groups excluding carboxylic acids is 3. The highest BCUT2D eigenvalue weighted by Crippen LogP contribution is 2.29. The monoisotopic (exact) mass is 387 g/mol. The number of piperidine rings is 1. The van der Waals surface area contributed by atoms with Gasteiger partial charge in [-0.05, 0) is 43.5 Å². The second-order valence-electron chi connectivity index (χ2n) is 6.92. The molecule has 1 aromatic carbocycles. The van der Waals surface area contributed by atoms with Crippen molar-refractivity contribution < 1.29 is 24.2 Å². The van der Waals surface area contributed by atoms with Gasteiger partial charge in [0.25, 0.3) is 5.91 Å². The standard InChI is InChI=1S/C20H25N3O5/c1-13-11-14(6-7-16(13)23-8-4-3-5-17(23)25)21-18-15(20(27)28-2)12-22(9-10-24)19(18)26/h6-7,11,21,24H,3-5,8-10,12H2,1-2H3. The molecule has 1 fully saturated rings. The first-order valence-electron chi connectivity index (χ1n) is 9.36. The Morgan fingerprint density at radius 1 is 1.29 bits per heavy atom. The topological polar surface area (TPSA) is 99.2 Å². The molecule has 2 N–H and O–H groups in total. The Kier molecular flexibility index (Phi) is 5.99. The minimum atomic E-state index is -0.580. The van der Waals surface area contributed by atoms with E-state index >= 15 is 0 Å². The highest BCUT2D eigenvalue weighted by atomic mass is 16.5. The number of benzene rings is 1. The van der Waals surface area contributed by atoms with Crippen molar-refractivity contribution in [3.05, 3.63) is 35.0 Å². The van der Waals surface area contributed by atoms with Gasteiger partial charge in [-0.1, -0.05) is 0 Å². The van der Waals surface area contributed by atoms with E-state index in [2.05, 4.69) is 5.32 Å². The molecular weight excluding hydrogens is 362 g/mol. The smallest absolute Gasteiger partial charge is 0.337 e. The summed E-state index contributed by atoms with van der Waals surface area (Å²) in [7, 11) is 1.26. The molecule has 3 rings (SSSR count). The lowest BCUT2D eigenvalue weighted by Gasteiger charge is -2.28. The van der Waals surface area contributed by atoms with Crippen LogP contribution in [-0.2, 0) is 19.1 Å². The lowest BCUT2D eigenvalue weighted by Crippen LogP contribution is -2.35. The van der Waals surface area contributed by atoms with Gasteiger partial charge in [-0.25, -0.2) is 4.79 Å². The normalized spacial score (nSPS) is 17.4. The van der Waals surface area contributed by atoms with E-state index in [0.29, 0.717) is 18.7 Å². The zero-order valence-electron chi connectivity index (χ0n) is 16.2. The minimum absolute atomic E-state index is 0.0910. The fourth-order valence-corrected chi connectivity index (χ4v) is 3.59. The largest absolute Gasteiger partial charge is 0.466 e. The molecule has 150 valence electrons. The number of aliphatic hydroxyl groups is 1. The van der Waals surface area contributed by atoms with E-state index < -0.39 is 5.97 Å². The summed E-state index contributed by atoms with van der Waals surface area (Å²) in [6.45, 7) is 2.66. The maximum absolute atomic E-state index is 12.6. The fourth-order valence-electron chi connectivity index (χ4n) is 3.59. The van der Waals surface area contributed by atoms with E-state index in [4.69, 9.17) is 9.84 Å². The van der Waals surface area contributed by atoms with E-state index in [0.717, 1.165) is 24.1 Å². The van der Waals surface area contributed by atoms with Gasteiger partial charge in [-0.15, -0.1) is 0 Å². The lowest BCUT2D eigenvalue weighted by molar-refractivity contribution is -0.136. The molecule has 28 heavy (non-hydrogen) atoms. The molecule has 2 heterocycles. The van der Waals surface area contributed by atoms with Crippen LogP contribution in [0.2, 0.25) is 0 Å². The fraction of sp³-hybridized carbons (Fsp3) is 0.450. The number of methoxy groups -OCH3 is 1. The third-order valence-electron chi connectivity index (χ3n) is 5.03. The summed E-state index contributed by atoms with van der Waals surface area (Å²) < 4.78 is 4.79. The first kappa shape index (κ1) is 19.9. The number of nitrogens with one attached hydrogen (secondary N) is 1. The first-order chi connectivity index (χ1) is 13.5. The minimum Gasteiger partial charge on any atom is -0.466 e. The number of rotatable bonds is 6. The molecule has 2 aliphatic rings. The summed E-state index contributed by atoms with van der Waals surface area (Å²) in [5, 5.41) is 12.2. The van der Waals surface area contributed by atoms with Gasteiger partial charge in [-0.2, -0.15) is 0 Å². The van der Waals surface area contributed by atoms with Crippen molar-refractivity contribution >= 4 is 29.2 Å². The molecule has 0 spiro atoms. The van der Waals surface area contributed by atoms with Crippen LogP contribution in [0, 0.1) is 6.92 Å². The second-order valence-corrected chi connectivity index (χ2v) is 6.92. The van der Waals surface area contributed by atoms with Crippen molar-refractivity contribution in [2.45, 2.75) is 26.2 Å². The van der Waals surface area contributed by atoms with Crippen molar-refractivity contribution in [1.29, 1.82) is 0 Å². The van der Waals surface area contributed by atoms with Crippen LogP contribution >= 0.6 is 0 Å². The van der Waals surface area contributed by atoms with Crippen LogP contribution in [0.3, 0.4) is 0 Å². The summed E-state index contributed by atoms with van der Waals surface area (Å²) in [6.07, 6.45) is 2.46. The number of esters is 1. The predicted octanol–water partition coefficient (Wildman–Crippen LogP) is 1.19. The lowest BCUT2D eigenvalue weighted by atomic mass is 10.1. The van der Waals surface area contributed by atoms with Gasteiger partial charge in [0, 0.05) is 30.9 Å². The molecule has 1 saturated heterocycles. The number of β-amino-alcohol motifs (C(OH)–C–C–N with tert-alkyl or cyclic N) is 1. The maximum atomic E-state index is 12.6. The van der Waals surface area contributed by atoms with Crippen LogP contribution in [0.25, 0.3) is 0 Å². The Morgan fingerprint density at radius 2 is 2.07 bits per heavy atom. The molecule has 2 aliphatic heterocycles. The number of hydrogen-bond donors (Lipinski definition) is 2. The van der Waals surface area contributed by atoms with Crippen LogP contribution in [-0.4, -0.2) is 61.1 Å². The number of hydrogen-bond acceptors (Lipinski definition) is 6. The van der Waals surface area contributed by atoms with E-state index in [1.54, 1.807) is 11.0 Å². The van der Waals surface area contributed by atoms with Crippen molar-refractivity contribution in [1.82, 2.24) is 4.90 Å². The maximum Gasteiger partial charge on any atom is 0.337 e. The van der Waals surface area contributed by atoms with E-state index in [1.165, 1.54) is 12.0 Å². The van der Waals surface area contributed by atoms with Crippen molar-refractivity contribution in [3.63, 3.8) is 0 Å². The Balaban J connectivity index is 1.85. The van der Waals surface area contributed by atoms with Crippen molar-refractivity contribution in [2.24, 2.45) is 0 Å².